The summed E-state index contributed by atoms with van der Waals surface area (Å²) in [6.07, 6.45) is 3.85. The molecule has 3 atom stereocenters. The van der Waals surface area contributed by atoms with Gasteiger partial charge >= 0.3 is 0 Å². The standard InChI is InChI=1S/C10H23N3.C2H6/c1-4-6-9-8(5-2)12-10(11)7-13(9)3;1-2/h8-10,12H,4-7,11H2,1-3H3;1-2H3. The van der Waals surface area contributed by atoms with Crippen molar-refractivity contribution in [2.45, 2.75) is 65.2 Å². The van der Waals surface area contributed by atoms with Gasteiger partial charge in [0.15, 0.2) is 0 Å². The lowest BCUT2D eigenvalue weighted by Crippen LogP contribution is -2.63. The van der Waals surface area contributed by atoms with Crippen LogP contribution >= 0.6 is 0 Å². The fraction of sp³-hybridized carbons (Fsp3) is 1.00. The zero-order valence-electron chi connectivity index (χ0n) is 11.1. The number of hydrogen-bond acceptors (Lipinski definition) is 3. The Bertz CT molecular complexity index is 150. The largest absolute Gasteiger partial charge is 0.315 e. The zero-order chi connectivity index (χ0) is 11.8. The molecule has 0 aromatic heterocycles. The van der Waals surface area contributed by atoms with Gasteiger partial charge in [-0.25, -0.2) is 0 Å². The Morgan fingerprint density at radius 2 is 1.93 bits per heavy atom. The summed E-state index contributed by atoms with van der Waals surface area (Å²) in [6.45, 7) is 9.45. The molecule has 3 nitrogen and oxygen atoms in total. The summed E-state index contributed by atoms with van der Waals surface area (Å²) in [4.78, 5) is 2.40. The van der Waals surface area contributed by atoms with E-state index >= 15 is 0 Å². The topological polar surface area (TPSA) is 41.3 Å². The highest BCUT2D eigenvalue weighted by Gasteiger charge is 2.29. The maximum absolute atomic E-state index is 5.90. The second-order valence-electron chi connectivity index (χ2n) is 4.08. The molecule has 3 unspecified atom stereocenters. The summed E-state index contributed by atoms with van der Waals surface area (Å²) in [5, 5.41) is 3.47. The first-order chi connectivity index (χ1) is 7.19. The van der Waals surface area contributed by atoms with E-state index in [-0.39, 0.29) is 6.17 Å². The predicted octanol–water partition coefficient (Wildman–Crippen LogP) is 1.78. The minimum Gasteiger partial charge on any atom is -0.315 e. The summed E-state index contributed by atoms with van der Waals surface area (Å²) >= 11 is 0. The van der Waals surface area contributed by atoms with Crippen molar-refractivity contribution < 1.29 is 0 Å². The van der Waals surface area contributed by atoms with E-state index in [1.807, 2.05) is 13.8 Å². The van der Waals surface area contributed by atoms with Crippen LogP contribution in [0.2, 0.25) is 0 Å². The molecule has 1 heterocycles. The number of nitrogens with one attached hydrogen (secondary N) is 1. The van der Waals surface area contributed by atoms with Crippen molar-refractivity contribution in [1.82, 2.24) is 10.2 Å². The molecule has 1 fully saturated rings. The first-order valence-corrected chi connectivity index (χ1v) is 6.40. The second-order valence-corrected chi connectivity index (χ2v) is 4.08. The number of hydrogen-bond donors (Lipinski definition) is 2. The number of nitrogens with two attached hydrogens (primary N) is 1. The summed E-state index contributed by atoms with van der Waals surface area (Å²) in [5.41, 5.74) is 5.90. The highest BCUT2D eigenvalue weighted by atomic mass is 15.3. The zero-order valence-corrected chi connectivity index (χ0v) is 11.1. The lowest BCUT2D eigenvalue weighted by atomic mass is 9.96. The van der Waals surface area contributed by atoms with Crippen LogP contribution in [0.3, 0.4) is 0 Å². The molecular weight excluding hydrogens is 186 g/mol. The SMILES string of the molecule is CC.CCCC1C(CC)NC(N)CN1C. The molecule has 1 saturated heterocycles. The molecule has 15 heavy (non-hydrogen) atoms. The van der Waals surface area contributed by atoms with Crippen LogP contribution in [0.5, 0.6) is 0 Å². The van der Waals surface area contributed by atoms with Crippen LogP contribution in [0.4, 0.5) is 0 Å². The lowest BCUT2D eigenvalue weighted by Gasteiger charge is -2.42. The van der Waals surface area contributed by atoms with E-state index in [2.05, 4.69) is 31.1 Å². The van der Waals surface area contributed by atoms with Gasteiger partial charge in [0.2, 0.25) is 0 Å². The predicted molar refractivity (Wildman–Crippen MR) is 67.9 cm³/mol. The van der Waals surface area contributed by atoms with Crippen molar-refractivity contribution in [3.05, 3.63) is 0 Å². The Labute approximate surface area is 95.4 Å². The number of likely N-dealkylation sites (N-methyl/N-ethyl adjacent to an activating group) is 1. The van der Waals surface area contributed by atoms with Crippen molar-refractivity contribution in [1.29, 1.82) is 0 Å². The summed E-state index contributed by atoms with van der Waals surface area (Å²) in [7, 11) is 2.18. The van der Waals surface area contributed by atoms with Crippen LogP contribution in [0.1, 0.15) is 47.0 Å². The molecule has 0 aliphatic carbocycles. The minimum atomic E-state index is 0.156. The van der Waals surface area contributed by atoms with Crippen LogP contribution in [0.15, 0.2) is 0 Å². The Balaban J connectivity index is 0.000000921. The fourth-order valence-corrected chi connectivity index (χ4v) is 2.30. The summed E-state index contributed by atoms with van der Waals surface area (Å²) in [6, 6.07) is 1.25. The van der Waals surface area contributed by atoms with E-state index in [1.165, 1.54) is 19.3 Å². The third-order valence-electron chi connectivity index (χ3n) is 2.97. The third kappa shape index (κ3) is 4.49. The first-order valence-electron chi connectivity index (χ1n) is 6.40. The highest BCUT2D eigenvalue weighted by Crippen LogP contribution is 2.16. The second kappa shape index (κ2) is 8.08. The molecule has 1 rings (SSSR count). The van der Waals surface area contributed by atoms with Crippen molar-refractivity contribution in [2.75, 3.05) is 13.6 Å². The molecule has 0 radical (unpaired) electrons. The van der Waals surface area contributed by atoms with Gasteiger partial charge < -0.3 is 5.73 Å². The normalized spacial score (nSPS) is 32.0. The van der Waals surface area contributed by atoms with E-state index in [1.54, 1.807) is 0 Å². The molecule has 3 heteroatoms. The third-order valence-corrected chi connectivity index (χ3v) is 2.97. The van der Waals surface area contributed by atoms with Gasteiger partial charge in [0.1, 0.15) is 0 Å². The minimum absolute atomic E-state index is 0.156. The fourth-order valence-electron chi connectivity index (χ4n) is 2.30. The average Bonchev–Trinajstić information content (AvgIpc) is 2.24. The molecule has 0 amide bonds. The Hall–Kier alpha value is -0.120. The summed E-state index contributed by atoms with van der Waals surface area (Å²) < 4.78 is 0. The van der Waals surface area contributed by atoms with Gasteiger partial charge in [-0.05, 0) is 19.9 Å². The van der Waals surface area contributed by atoms with E-state index < -0.39 is 0 Å². The Morgan fingerprint density at radius 3 is 2.40 bits per heavy atom. The van der Waals surface area contributed by atoms with Crippen LogP contribution in [-0.2, 0) is 0 Å². The number of nitrogens with zero attached hydrogens (tertiary/aromatic N) is 1. The molecule has 0 spiro atoms. The van der Waals surface area contributed by atoms with E-state index in [4.69, 9.17) is 5.73 Å². The maximum atomic E-state index is 5.90. The molecule has 0 saturated carbocycles. The molecule has 1 aliphatic rings. The van der Waals surface area contributed by atoms with E-state index in [0.29, 0.717) is 12.1 Å². The highest BCUT2D eigenvalue weighted by molar-refractivity contribution is 4.89. The Kier molecular flexibility index (Phi) is 8.02. The van der Waals surface area contributed by atoms with Gasteiger partial charge in [-0.2, -0.15) is 0 Å². The molecule has 0 aromatic carbocycles. The van der Waals surface area contributed by atoms with Crippen LogP contribution in [0, 0.1) is 0 Å². The van der Waals surface area contributed by atoms with Crippen molar-refractivity contribution in [3.8, 4) is 0 Å². The molecule has 92 valence electrons. The van der Waals surface area contributed by atoms with Gasteiger partial charge in [0.05, 0.1) is 6.17 Å². The number of piperazine rings is 1. The first kappa shape index (κ1) is 14.9. The van der Waals surface area contributed by atoms with Gasteiger partial charge in [-0.3, -0.25) is 10.2 Å². The molecule has 3 N–H and O–H groups in total. The smallest absolute Gasteiger partial charge is 0.0680 e. The molecule has 0 bridgehead atoms. The molecular formula is C12H29N3. The van der Waals surface area contributed by atoms with Crippen molar-refractivity contribution >= 4 is 0 Å². The van der Waals surface area contributed by atoms with Gasteiger partial charge in [0, 0.05) is 18.6 Å². The van der Waals surface area contributed by atoms with Gasteiger partial charge in [-0.1, -0.05) is 34.1 Å². The maximum Gasteiger partial charge on any atom is 0.0680 e. The quantitative estimate of drug-likeness (QED) is 0.754. The van der Waals surface area contributed by atoms with E-state index in [0.717, 1.165) is 6.54 Å². The monoisotopic (exact) mass is 215 g/mol. The molecule has 1 aliphatic heterocycles. The van der Waals surface area contributed by atoms with Gasteiger partial charge in [-0.15, -0.1) is 0 Å². The van der Waals surface area contributed by atoms with Crippen molar-refractivity contribution in [3.63, 3.8) is 0 Å². The summed E-state index contributed by atoms with van der Waals surface area (Å²) in [5.74, 6) is 0. The van der Waals surface area contributed by atoms with Crippen LogP contribution in [0.25, 0.3) is 0 Å². The van der Waals surface area contributed by atoms with E-state index in [9.17, 15) is 0 Å². The van der Waals surface area contributed by atoms with Crippen molar-refractivity contribution in [2.24, 2.45) is 5.73 Å². The average molecular weight is 215 g/mol. The lowest BCUT2D eigenvalue weighted by molar-refractivity contribution is 0.108. The van der Waals surface area contributed by atoms with Gasteiger partial charge in [0.25, 0.3) is 0 Å². The number of rotatable bonds is 3. The van der Waals surface area contributed by atoms with Crippen LogP contribution < -0.4 is 11.1 Å². The molecule has 0 aromatic rings. The van der Waals surface area contributed by atoms with Crippen LogP contribution in [-0.4, -0.2) is 36.7 Å². The Morgan fingerprint density at radius 1 is 1.33 bits per heavy atom.